The zero-order chi connectivity index (χ0) is 16.2. The van der Waals surface area contributed by atoms with Crippen LogP contribution in [0.3, 0.4) is 0 Å². The molecule has 0 spiro atoms. The van der Waals surface area contributed by atoms with E-state index in [1.165, 1.54) is 37.7 Å². The molecule has 2 aliphatic heterocycles. The molecule has 1 atom stereocenters. The highest BCUT2D eigenvalue weighted by atomic mass is 15.2. The SMILES string of the molecule is c1ccc(C2CCCN(c3cc(N4CCCC4)ncn3)CC2)cc1. The highest BCUT2D eigenvalue weighted by molar-refractivity contribution is 5.50. The maximum Gasteiger partial charge on any atom is 0.134 e. The van der Waals surface area contributed by atoms with E-state index in [4.69, 9.17) is 0 Å². The molecule has 1 unspecified atom stereocenters. The lowest BCUT2D eigenvalue weighted by Gasteiger charge is -2.23. The number of rotatable bonds is 3. The summed E-state index contributed by atoms with van der Waals surface area (Å²) in [6.07, 6.45) is 7.99. The third-order valence-corrected chi connectivity index (χ3v) is 5.39. The van der Waals surface area contributed by atoms with Crippen molar-refractivity contribution in [2.24, 2.45) is 0 Å². The van der Waals surface area contributed by atoms with Gasteiger partial charge in [0.25, 0.3) is 0 Å². The number of hydrogen-bond acceptors (Lipinski definition) is 4. The molecule has 3 heterocycles. The topological polar surface area (TPSA) is 32.3 Å². The van der Waals surface area contributed by atoms with Gasteiger partial charge in [-0.15, -0.1) is 0 Å². The minimum Gasteiger partial charge on any atom is -0.356 e. The van der Waals surface area contributed by atoms with Gasteiger partial charge in [0.15, 0.2) is 0 Å². The van der Waals surface area contributed by atoms with E-state index in [1.54, 1.807) is 6.33 Å². The molecule has 2 saturated heterocycles. The van der Waals surface area contributed by atoms with E-state index < -0.39 is 0 Å². The van der Waals surface area contributed by atoms with Crippen LogP contribution in [0.1, 0.15) is 43.6 Å². The third-order valence-electron chi connectivity index (χ3n) is 5.39. The van der Waals surface area contributed by atoms with Gasteiger partial charge in [0, 0.05) is 32.2 Å². The van der Waals surface area contributed by atoms with E-state index in [1.807, 2.05) is 0 Å². The summed E-state index contributed by atoms with van der Waals surface area (Å²) in [5.74, 6) is 2.87. The van der Waals surface area contributed by atoms with E-state index >= 15 is 0 Å². The molecule has 0 amide bonds. The van der Waals surface area contributed by atoms with Crippen molar-refractivity contribution in [2.75, 3.05) is 36.0 Å². The van der Waals surface area contributed by atoms with Gasteiger partial charge in [0.1, 0.15) is 18.0 Å². The number of anilines is 2. The van der Waals surface area contributed by atoms with Crippen molar-refractivity contribution in [3.63, 3.8) is 0 Å². The Hall–Kier alpha value is -2.10. The molecule has 126 valence electrons. The summed E-state index contributed by atoms with van der Waals surface area (Å²) in [4.78, 5) is 13.9. The lowest BCUT2D eigenvalue weighted by Crippen LogP contribution is -2.26. The maximum absolute atomic E-state index is 4.56. The van der Waals surface area contributed by atoms with Gasteiger partial charge in [-0.1, -0.05) is 30.3 Å². The third kappa shape index (κ3) is 3.37. The molecule has 24 heavy (non-hydrogen) atoms. The van der Waals surface area contributed by atoms with E-state index in [0.29, 0.717) is 5.92 Å². The smallest absolute Gasteiger partial charge is 0.134 e. The van der Waals surface area contributed by atoms with Crippen molar-refractivity contribution >= 4 is 11.6 Å². The Morgan fingerprint density at radius 3 is 2.17 bits per heavy atom. The van der Waals surface area contributed by atoms with Crippen LogP contribution in [0.2, 0.25) is 0 Å². The van der Waals surface area contributed by atoms with E-state index in [0.717, 1.165) is 37.8 Å². The minimum absolute atomic E-state index is 0.677. The Morgan fingerprint density at radius 1 is 0.750 bits per heavy atom. The molecule has 4 nitrogen and oxygen atoms in total. The van der Waals surface area contributed by atoms with Crippen LogP contribution in [-0.2, 0) is 0 Å². The van der Waals surface area contributed by atoms with Gasteiger partial charge >= 0.3 is 0 Å². The normalized spacial score (nSPS) is 21.8. The standard InChI is InChI=1S/C20H26N4/c1-2-7-17(8-3-1)18-9-6-13-24(14-10-18)20-15-19(21-16-22-20)23-11-4-5-12-23/h1-3,7-8,15-16,18H,4-6,9-14H2. The molecule has 2 aromatic rings. The van der Waals surface area contributed by atoms with Crippen LogP contribution in [0, 0.1) is 0 Å². The average Bonchev–Trinajstić information content (AvgIpc) is 3.07. The number of benzene rings is 1. The lowest BCUT2D eigenvalue weighted by atomic mass is 9.92. The van der Waals surface area contributed by atoms with Gasteiger partial charge in [-0.25, -0.2) is 9.97 Å². The van der Waals surface area contributed by atoms with E-state index in [2.05, 4.69) is 56.2 Å². The summed E-state index contributed by atoms with van der Waals surface area (Å²) in [7, 11) is 0. The first-order chi connectivity index (χ1) is 11.9. The molecule has 0 bridgehead atoms. The number of aromatic nitrogens is 2. The maximum atomic E-state index is 4.56. The highest BCUT2D eigenvalue weighted by Gasteiger charge is 2.20. The van der Waals surface area contributed by atoms with E-state index in [9.17, 15) is 0 Å². The fourth-order valence-electron chi connectivity index (χ4n) is 4.01. The summed E-state index contributed by atoms with van der Waals surface area (Å²) in [6.45, 7) is 4.44. The van der Waals surface area contributed by atoms with Crippen LogP contribution in [0.15, 0.2) is 42.7 Å². The molecule has 2 aliphatic rings. The van der Waals surface area contributed by atoms with Gasteiger partial charge < -0.3 is 9.80 Å². The number of hydrogen-bond donors (Lipinski definition) is 0. The summed E-state index contributed by atoms with van der Waals surface area (Å²) >= 11 is 0. The molecule has 0 N–H and O–H groups in total. The van der Waals surface area contributed by atoms with Crippen molar-refractivity contribution < 1.29 is 0 Å². The van der Waals surface area contributed by atoms with Gasteiger partial charge in [-0.2, -0.15) is 0 Å². The van der Waals surface area contributed by atoms with Crippen molar-refractivity contribution in [1.29, 1.82) is 0 Å². The number of nitrogens with zero attached hydrogens (tertiary/aromatic N) is 4. The first-order valence-corrected chi connectivity index (χ1v) is 9.27. The predicted molar refractivity (Wildman–Crippen MR) is 98.7 cm³/mol. The van der Waals surface area contributed by atoms with Crippen LogP contribution in [0.4, 0.5) is 11.6 Å². The molecule has 0 radical (unpaired) electrons. The fourth-order valence-corrected chi connectivity index (χ4v) is 4.01. The first kappa shape index (κ1) is 15.4. The Kier molecular flexibility index (Phi) is 4.63. The Balaban J connectivity index is 1.46. The van der Waals surface area contributed by atoms with Crippen LogP contribution in [0.5, 0.6) is 0 Å². The quantitative estimate of drug-likeness (QED) is 0.859. The molecular formula is C20H26N4. The van der Waals surface area contributed by atoms with Gasteiger partial charge in [-0.3, -0.25) is 0 Å². The monoisotopic (exact) mass is 322 g/mol. The van der Waals surface area contributed by atoms with Crippen LogP contribution >= 0.6 is 0 Å². The van der Waals surface area contributed by atoms with Crippen LogP contribution in [-0.4, -0.2) is 36.1 Å². The largest absolute Gasteiger partial charge is 0.356 e. The van der Waals surface area contributed by atoms with Crippen LogP contribution < -0.4 is 9.80 Å². The summed E-state index contributed by atoms with van der Waals surface area (Å²) in [5, 5.41) is 0. The second-order valence-electron chi connectivity index (χ2n) is 6.95. The molecular weight excluding hydrogens is 296 g/mol. The molecule has 4 rings (SSSR count). The van der Waals surface area contributed by atoms with Crippen molar-refractivity contribution in [3.8, 4) is 0 Å². The lowest BCUT2D eigenvalue weighted by molar-refractivity contribution is 0.612. The molecule has 1 aromatic heterocycles. The predicted octanol–water partition coefficient (Wildman–Crippen LogP) is 3.85. The van der Waals surface area contributed by atoms with Gasteiger partial charge in [0.2, 0.25) is 0 Å². The van der Waals surface area contributed by atoms with Crippen molar-refractivity contribution in [1.82, 2.24) is 9.97 Å². The molecule has 4 heteroatoms. The second-order valence-corrected chi connectivity index (χ2v) is 6.95. The van der Waals surface area contributed by atoms with Gasteiger partial charge in [-0.05, 0) is 43.6 Å². The zero-order valence-electron chi connectivity index (χ0n) is 14.3. The summed E-state index contributed by atoms with van der Waals surface area (Å²) < 4.78 is 0. The Morgan fingerprint density at radius 2 is 1.42 bits per heavy atom. The average molecular weight is 322 g/mol. The van der Waals surface area contributed by atoms with Crippen molar-refractivity contribution in [2.45, 2.75) is 38.0 Å². The second kappa shape index (κ2) is 7.20. The Bertz CT molecular complexity index is 652. The van der Waals surface area contributed by atoms with E-state index in [-0.39, 0.29) is 0 Å². The first-order valence-electron chi connectivity index (χ1n) is 9.27. The summed E-state index contributed by atoms with van der Waals surface area (Å²) in [6, 6.07) is 13.2. The van der Waals surface area contributed by atoms with Crippen molar-refractivity contribution in [3.05, 3.63) is 48.3 Å². The Labute approximate surface area is 144 Å². The molecule has 1 aromatic carbocycles. The molecule has 2 fully saturated rings. The highest BCUT2D eigenvalue weighted by Crippen LogP contribution is 2.30. The molecule has 0 saturated carbocycles. The van der Waals surface area contributed by atoms with Gasteiger partial charge in [0.05, 0.1) is 0 Å². The minimum atomic E-state index is 0.677. The molecule has 0 aliphatic carbocycles. The summed E-state index contributed by atoms with van der Waals surface area (Å²) in [5.41, 5.74) is 1.49. The fraction of sp³-hybridized carbons (Fsp3) is 0.500. The van der Waals surface area contributed by atoms with Crippen LogP contribution in [0.25, 0.3) is 0 Å². The zero-order valence-corrected chi connectivity index (χ0v) is 14.3.